The van der Waals surface area contributed by atoms with Crippen LogP contribution in [0.5, 0.6) is 0 Å². The molecule has 7 nitrogen and oxygen atoms in total. The largest absolute Gasteiger partial charge is 0.378 e. The summed E-state index contributed by atoms with van der Waals surface area (Å²) in [6, 6.07) is 1.42. The summed E-state index contributed by atoms with van der Waals surface area (Å²) in [4.78, 5) is 0. The van der Waals surface area contributed by atoms with Crippen LogP contribution in [0.3, 0.4) is 0 Å². The van der Waals surface area contributed by atoms with E-state index in [1.165, 1.54) is 12.3 Å². The number of sulfonamides is 1. The van der Waals surface area contributed by atoms with Gasteiger partial charge < -0.3 is 10.1 Å². The van der Waals surface area contributed by atoms with Crippen molar-refractivity contribution in [3.63, 3.8) is 0 Å². The maximum Gasteiger partial charge on any atom is 0.257 e. The van der Waals surface area contributed by atoms with Crippen LogP contribution in [0.4, 0.5) is 0 Å². The van der Waals surface area contributed by atoms with Crippen molar-refractivity contribution in [2.75, 3.05) is 26.2 Å². The summed E-state index contributed by atoms with van der Waals surface area (Å²) in [5.41, 5.74) is 0. The Morgan fingerprint density at radius 1 is 1.42 bits per heavy atom. The first-order valence-electron chi connectivity index (χ1n) is 6.50. The highest BCUT2D eigenvalue weighted by Crippen LogP contribution is 2.07. The normalized spacial score (nSPS) is 17.7. The molecule has 1 aliphatic rings. The summed E-state index contributed by atoms with van der Waals surface area (Å²) in [6.07, 6.45) is 4.44. The zero-order valence-electron chi connectivity index (χ0n) is 10.8. The Hall–Kier alpha value is -0.960. The van der Waals surface area contributed by atoms with Crippen molar-refractivity contribution in [2.24, 2.45) is 0 Å². The van der Waals surface area contributed by atoms with Crippen LogP contribution in [0.25, 0.3) is 0 Å². The van der Waals surface area contributed by atoms with E-state index in [2.05, 4.69) is 20.2 Å². The molecule has 8 heteroatoms. The first kappa shape index (κ1) is 14.4. The number of aromatic amines is 1. The molecule has 19 heavy (non-hydrogen) atoms. The Labute approximate surface area is 113 Å². The molecule has 0 bridgehead atoms. The van der Waals surface area contributed by atoms with Gasteiger partial charge in [0.1, 0.15) is 0 Å². The van der Waals surface area contributed by atoms with E-state index in [-0.39, 0.29) is 5.03 Å². The third-order valence-electron chi connectivity index (χ3n) is 3.02. The van der Waals surface area contributed by atoms with Gasteiger partial charge in [-0.1, -0.05) is 0 Å². The van der Waals surface area contributed by atoms with Crippen molar-refractivity contribution in [2.45, 2.75) is 30.4 Å². The maximum atomic E-state index is 11.7. The van der Waals surface area contributed by atoms with Crippen LogP contribution in [0, 0.1) is 0 Å². The third kappa shape index (κ3) is 4.57. The molecule has 1 saturated heterocycles. The molecule has 108 valence electrons. The fraction of sp³-hybridized carbons (Fsp3) is 0.727. The standard InChI is InChI=1S/C11H20N4O3S/c16-19(17,11-4-8-13-15-11)14-5-1-9-18-10-2-6-12-7-3-10/h4,8,10,12,14H,1-3,5-7,9H2,(H,13,15). The topological polar surface area (TPSA) is 96.1 Å². The lowest BCUT2D eigenvalue weighted by atomic mass is 10.1. The van der Waals surface area contributed by atoms with Gasteiger partial charge in [0.15, 0.2) is 5.03 Å². The highest BCUT2D eigenvalue weighted by Gasteiger charge is 2.15. The van der Waals surface area contributed by atoms with Crippen LogP contribution in [0.2, 0.25) is 0 Å². The molecular weight excluding hydrogens is 268 g/mol. The minimum absolute atomic E-state index is 0.0896. The summed E-state index contributed by atoms with van der Waals surface area (Å²) in [5, 5.41) is 9.41. The number of H-pyrrole nitrogens is 1. The lowest BCUT2D eigenvalue weighted by molar-refractivity contribution is 0.0322. The monoisotopic (exact) mass is 288 g/mol. The number of aromatic nitrogens is 2. The second kappa shape index (κ2) is 6.99. The molecule has 0 atom stereocenters. The second-order valence-electron chi connectivity index (χ2n) is 4.49. The SMILES string of the molecule is O=S(=O)(NCCCOC1CCNCC1)c1ccn[nH]1. The van der Waals surface area contributed by atoms with Gasteiger partial charge in [-0.3, -0.25) is 5.10 Å². The van der Waals surface area contributed by atoms with Crippen molar-refractivity contribution < 1.29 is 13.2 Å². The molecule has 0 amide bonds. The average molecular weight is 288 g/mol. The van der Waals surface area contributed by atoms with E-state index in [1.807, 2.05) is 0 Å². The number of hydrogen-bond donors (Lipinski definition) is 3. The fourth-order valence-electron chi connectivity index (χ4n) is 1.96. The van der Waals surface area contributed by atoms with Crippen LogP contribution in [-0.4, -0.2) is 51.0 Å². The highest BCUT2D eigenvalue weighted by atomic mass is 32.2. The van der Waals surface area contributed by atoms with Crippen molar-refractivity contribution >= 4 is 10.0 Å². The van der Waals surface area contributed by atoms with E-state index in [1.54, 1.807) is 0 Å². The molecule has 0 spiro atoms. The summed E-state index contributed by atoms with van der Waals surface area (Å²) in [6.45, 7) is 2.94. The number of piperidine rings is 1. The Morgan fingerprint density at radius 3 is 2.89 bits per heavy atom. The minimum Gasteiger partial charge on any atom is -0.378 e. The van der Waals surface area contributed by atoms with Crippen LogP contribution in [0.1, 0.15) is 19.3 Å². The van der Waals surface area contributed by atoms with Gasteiger partial charge in [0.2, 0.25) is 0 Å². The molecular formula is C11H20N4O3S. The van der Waals surface area contributed by atoms with Gasteiger partial charge in [-0.2, -0.15) is 5.10 Å². The molecule has 0 unspecified atom stereocenters. The minimum atomic E-state index is -3.46. The van der Waals surface area contributed by atoms with Crippen molar-refractivity contribution in [1.82, 2.24) is 20.2 Å². The van der Waals surface area contributed by atoms with E-state index in [0.29, 0.717) is 25.7 Å². The zero-order valence-corrected chi connectivity index (χ0v) is 11.6. The lowest BCUT2D eigenvalue weighted by Gasteiger charge is -2.22. The smallest absolute Gasteiger partial charge is 0.257 e. The molecule has 0 aliphatic carbocycles. The van der Waals surface area contributed by atoms with Crippen LogP contribution in [0.15, 0.2) is 17.3 Å². The first-order valence-corrected chi connectivity index (χ1v) is 7.98. The van der Waals surface area contributed by atoms with Gasteiger partial charge in [-0.15, -0.1) is 0 Å². The van der Waals surface area contributed by atoms with Gasteiger partial charge in [-0.25, -0.2) is 13.1 Å². The van der Waals surface area contributed by atoms with Crippen molar-refractivity contribution in [1.29, 1.82) is 0 Å². The first-order chi connectivity index (χ1) is 9.18. The highest BCUT2D eigenvalue weighted by molar-refractivity contribution is 7.89. The number of nitrogens with zero attached hydrogens (tertiary/aromatic N) is 1. The predicted octanol–water partition coefficient (Wildman–Crippen LogP) is -0.153. The number of hydrogen-bond acceptors (Lipinski definition) is 5. The number of nitrogens with one attached hydrogen (secondary N) is 3. The van der Waals surface area contributed by atoms with Gasteiger partial charge in [0, 0.05) is 13.2 Å². The van der Waals surface area contributed by atoms with Crippen molar-refractivity contribution in [3.05, 3.63) is 12.3 Å². The average Bonchev–Trinajstić information content (AvgIpc) is 2.94. The molecule has 1 aromatic rings. The summed E-state index contributed by atoms with van der Waals surface area (Å²) in [7, 11) is -3.46. The molecule has 3 N–H and O–H groups in total. The van der Waals surface area contributed by atoms with E-state index in [4.69, 9.17) is 4.74 Å². The van der Waals surface area contributed by atoms with Crippen LogP contribution >= 0.6 is 0 Å². The lowest BCUT2D eigenvalue weighted by Crippen LogP contribution is -2.33. The van der Waals surface area contributed by atoms with E-state index >= 15 is 0 Å². The third-order valence-corrected chi connectivity index (χ3v) is 4.41. The van der Waals surface area contributed by atoms with Gasteiger partial charge in [0.25, 0.3) is 10.0 Å². The predicted molar refractivity (Wildman–Crippen MR) is 70.2 cm³/mol. The van der Waals surface area contributed by atoms with Crippen LogP contribution in [-0.2, 0) is 14.8 Å². The Bertz CT molecular complexity index is 454. The quantitative estimate of drug-likeness (QED) is 0.606. The molecule has 0 radical (unpaired) electrons. The number of ether oxygens (including phenoxy) is 1. The molecule has 1 aromatic heterocycles. The molecule has 2 heterocycles. The van der Waals surface area contributed by atoms with Gasteiger partial charge >= 0.3 is 0 Å². The van der Waals surface area contributed by atoms with Crippen LogP contribution < -0.4 is 10.0 Å². The molecule has 1 fully saturated rings. The number of rotatable bonds is 7. The molecule has 0 aromatic carbocycles. The Morgan fingerprint density at radius 2 is 2.21 bits per heavy atom. The van der Waals surface area contributed by atoms with E-state index in [9.17, 15) is 8.42 Å². The van der Waals surface area contributed by atoms with E-state index in [0.717, 1.165) is 25.9 Å². The fourth-order valence-corrected chi connectivity index (χ4v) is 2.94. The summed E-state index contributed by atoms with van der Waals surface area (Å²) < 4.78 is 31.7. The maximum absolute atomic E-state index is 11.7. The van der Waals surface area contributed by atoms with Gasteiger partial charge in [-0.05, 0) is 38.4 Å². The summed E-state index contributed by atoms with van der Waals surface area (Å²) in [5.74, 6) is 0. The molecule has 0 saturated carbocycles. The zero-order chi connectivity index (χ0) is 13.6. The molecule has 2 rings (SSSR count). The van der Waals surface area contributed by atoms with E-state index < -0.39 is 10.0 Å². The van der Waals surface area contributed by atoms with Gasteiger partial charge in [0.05, 0.1) is 12.3 Å². The molecule has 1 aliphatic heterocycles. The Kier molecular flexibility index (Phi) is 5.32. The Balaban J connectivity index is 1.61. The second-order valence-corrected chi connectivity index (χ2v) is 6.23. The summed E-state index contributed by atoms with van der Waals surface area (Å²) >= 11 is 0. The van der Waals surface area contributed by atoms with Crippen molar-refractivity contribution in [3.8, 4) is 0 Å².